The zero-order valence-corrected chi connectivity index (χ0v) is 13.2. The Morgan fingerprint density at radius 3 is 1.59 bits per heavy atom. The van der Waals surface area contributed by atoms with Gasteiger partial charge in [0.05, 0.1) is 18.3 Å². The molecule has 104 valence electrons. The Hall–Kier alpha value is -0.0800. The summed E-state index contributed by atoms with van der Waals surface area (Å²) in [5.74, 6) is 0.102. The van der Waals surface area contributed by atoms with Crippen LogP contribution in [0.25, 0.3) is 0 Å². The lowest BCUT2D eigenvalue weighted by Gasteiger charge is -2.41. The molecule has 0 radical (unpaired) electrons. The molecule has 0 aliphatic carbocycles. The maximum Gasteiger partial charge on any atom is 0.0676 e. The largest absolute Gasteiger partial charge is 0.390 e. The topological polar surface area (TPSA) is 29.5 Å². The Balaban J connectivity index is 4.80. The molecule has 1 N–H and O–H groups in total. The fraction of sp³-hybridized carbons (Fsp3) is 1.00. The van der Waals surface area contributed by atoms with Crippen LogP contribution in [0.5, 0.6) is 0 Å². The molecule has 2 atom stereocenters. The average Bonchev–Trinajstić information content (AvgIpc) is 1.97. The van der Waals surface area contributed by atoms with E-state index in [9.17, 15) is 5.11 Å². The predicted molar refractivity (Wildman–Crippen MR) is 74.1 cm³/mol. The summed E-state index contributed by atoms with van der Waals surface area (Å²) in [5.41, 5.74) is -0.524. The molecule has 0 aromatic rings. The molecule has 0 spiro atoms. The van der Waals surface area contributed by atoms with Crippen molar-refractivity contribution < 1.29 is 9.84 Å². The molecule has 0 aromatic carbocycles. The third-order valence-electron chi connectivity index (χ3n) is 3.12. The van der Waals surface area contributed by atoms with Crippen LogP contribution in [0.3, 0.4) is 0 Å². The summed E-state index contributed by atoms with van der Waals surface area (Å²) in [6, 6.07) is 0. The van der Waals surface area contributed by atoms with Crippen LogP contribution in [0.2, 0.25) is 0 Å². The zero-order valence-electron chi connectivity index (χ0n) is 13.2. The Kier molecular flexibility index (Phi) is 5.25. The van der Waals surface area contributed by atoms with Crippen molar-refractivity contribution >= 4 is 0 Å². The quantitative estimate of drug-likeness (QED) is 0.813. The van der Waals surface area contributed by atoms with Crippen LogP contribution in [0.4, 0.5) is 0 Å². The maximum absolute atomic E-state index is 10.2. The summed E-state index contributed by atoms with van der Waals surface area (Å²) < 4.78 is 6.10. The lowest BCUT2D eigenvalue weighted by Crippen LogP contribution is -2.46. The molecule has 0 heterocycles. The molecule has 0 saturated carbocycles. The van der Waals surface area contributed by atoms with Crippen LogP contribution >= 0.6 is 0 Å². The minimum Gasteiger partial charge on any atom is -0.390 e. The monoisotopic (exact) mass is 244 g/mol. The van der Waals surface area contributed by atoms with E-state index in [-0.39, 0.29) is 22.9 Å². The fourth-order valence-electron chi connectivity index (χ4n) is 1.85. The second kappa shape index (κ2) is 5.27. The summed E-state index contributed by atoms with van der Waals surface area (Å²) in [4.78, 5) is 0. The molecule has 17 heavy (non-hydrogen) atoms. The first-order chi connectivity index (χ1) is 7.25. The standard InChI is InChI=1S/C15H32O2/c1-11(15(8,9)16)12(14(5,6)7)17-10-13(2,3)4/h11-12,16H,10H2,1-9H3. The third-order valence-corrected chi connectivity index (χ3v) is 3.12. The molecule has 2 unspecified atom stereocenters. The number of hydrogen-bond donors (Lipinski definition) is 1. The van der Waals surface area contributed by atoms with E-state index in [4.69, 9.17) is 4.74 Å². The molecular formula is C15H32O2. The molecular weight excluding hydrogens is 212 g/mol. The molecule has 0 aliphatic rings. The summed E-state index contributed by atoms with van der Waals surface area (Å²) >= 11 is 0. The van der Waals surface area contributed by atoms with E-state index < -0.39 is 5.60 Å². The van der Waals surface area contributed by atoms with Gasteiger partial charge in [-0.25, -0.2) is 0 Å². The van der Waals surface area contributed by atoms with E-state index in [0.29, 0.717) is 0 Å². The molecule has 0 fully saturated rings. The summed E-state index contributed by atoms with van der Waals surface area (Å²) in [6.45, 7) is 19.5. The zero-order chi connectivity index (χ0) is 14.1. The lowest BCUT2D eigenvalue weighted by atomic mass is 9.75. The fourth-order valence-corrected chi connectivity index (χ4v) is 1.85. The van der Waals surface area contributed by atoms with Crippen LogP contribution in [-0.2, 0) is 4.74 Å². The van der Waals surface area contributed by atoms with Gasteiger partial charge in [-0.2, -0.15) is 0 Å². The van der Waals surface area contributed by atoms with Gasteiger partial charge in [0.25, 0.3) is 0 Å². The van der Waals surface area contributed by atoms with Crippen molar-refractivity contribution in [3.8, 4) is 0 Å². The first-order valence-corrected chi connectivity index (χ1v) is 6.59. The van der Waals surface area contributed by atoms with Gasteiger partial charge in [0.15, 0.2) is 0 Å². The number of ether oxygens (including phenoxy) is 1. The maximum atomic E-state index is 10.2. The summed E-state index contributed by atoms with van der Waals surface area (Å²) in [5, 5.41) is 10.2. The summed E-state index contributed by atoms with van der Waals surface area (Å²) in [7, 11) is 0. The van der Waals surface area contributed by atoms with Gasteiger partial charge >= 0.3 is 0 Å². The van der Waals surface area contributed by atoms with E-state index in [2.05, 4.69) is 48.5 Å². The minimum absolute atomic E-state index is 0.0324. The summed E-state index contributed by atoms with van der Waals surface area (Å²) in [6.07, 6.45) is 0.0572. The van der Waals surface area contributed by atoms with Crippen molar-refractivity contribution in [2.45, 2.75) is 74.0 Å². The molecule has 0 aromatic heterocycles. The molecule has 0 bridgehead atoms. The van der Waals surface area contributed by atoms with Gasteiger partial charge in [-0.05, 0) is 24.7 Å². The lowest BCUT2D eigenvalue weighted by molar-refractivity contribution is -0.125. The minimum atomic E-state index is -0.712. The SMILES string of the molecule is CC(C(OCC(C)(C)C)C(C)(C)C)C(C)(C)O. The van der Waals surface area contributed by atoms with Crippen molar-refractivity contribution in [3.63, 3.8) is 0 Å². The van der Waals surface area contributed by atoms with Crippen molar-refractivity contribution in [1.29, 1.82) is 0 Å². The van der Waals surface area contributed by atoms with Gasteiger partial charge in [0.1, 0.15) is 0 Å². The normalized spacial score (nSPS) is 18.0. The third kappa shape index (κ3) is 6.42. The molecule has 2 nitrogen and oxygen atoms in total. The van der Waals surface area contributed by atoms with Gasteiger partial charge in [-0.15, -0.1) is 0 Å². The van der Waals surface area contributed by atoms with E-state index in [1.165, 1.54) is 0 Å². The highest BCUT2D eigenvalue weighted by Crippen LogP contribution is 2.34. The Bertz CT molecular complexity index is 225. The van der Waals surface area contributed by atoms with Crippen LogP contribution in [-0.4, -0.2) is 23.4 Å². The molecule has 0 rings (SSSR count). The van der Waals surface area contributed by atoms with E-state index in [1.54, 1.807) is 0 Å². The van der Waals surface area contributed by atoms with E-state index in [0.717, 1.165) is 6.61 Å². The predicted octanol–water partition coefficient (Wildman–Crippen LogP) is 3.87. The molecule has 2 heteroatoms. The number of rotatable bonds is 4. The molecule has 0 amide bonds. The van der Waals surface area contributed by atoms with Crippen LogP contribution in [0, 0.1) is 16.7 Å². The Morgan fingerprint density at radius 1 is 0.941 bits per heavy atom. The van der Waals surface area contributed by atoms with Gasteiger partial charge in [0.2, 0.25) is 0 Å². The van der Waals surface area contributed by atoms with Gasteiger partial charge in [0, 0.05) is 5.92 Å². The first-order valence-electron chi connectivity index (χ1n) is 6.59. The van der Waals surface area contributed by atoms with Crippen LogP contribution in [0.1, 0.15) is 62.3 Å². The number of hydrogen-bond acceptors (Lipinski definition) is 2. The van der Waals surface area contributed by atoms with Crippen molar-refractivity contribution in [2.24, 2.45) is 16.7 Å². The highest BCUT2D eigenvalue weighted by molar-refractivity contribution is 4.88. The van der Waals surface area contributed by atoms with Crippen molar-refractivity contribution in [2.75, 3.05) is 6.61 Å². The van der Waals surface area contributed by atoms with Gasteiger partial charge < -0.3 is 9.84 Å². The Morgan fingerprint density at radius 2 is 1.35 bits per heavy atom. The van der Waals surface area contributed by atoms with Crippen LogP contribution in [0.15, 0.2) is 0 Å². The smallest absolute Gasteiger partial charge is 0.0676 e. The van der Waals surface area contributed by atoms with Crippen molar-refractivity contribution in [1.82, 2.24) is 0 Å². The van der Waals surface area contributed by atoms with Crippen LogP contribution < -0.4 is 0 Å². The Labute approximate surface area is 108 Å². The van der Waals surface area contributed by atoms with Crippen molar-refractivity contribution in [3.05, 3.63) is 0 Å². The second-order valence-electron chi connectivity index (χ2n) is 8.10. The second-order valence-corrected chi connectivity index (χ2v) is 8.10. The van der Waals surface area contributed by atoms with Gasteiger partial charge in [-0.1, -0.05) is 48.5 Å². The van der Waals surface area contributed by atoms with E-state index >= 15 is 0 Å². The van der Waals surface area contributed by atoms with E-state index in [1.807, 2.05) is 13.8 Å². The molecule has 0 saturated heterocycles. The molecule has 0 aliphatic heterocycles. The highest BCUT2D eigenvalue weighted by Gasteiger charge is 2.38. The average molecular weight is 244 g/mol. The number of aliphatic hydroxyl groups is 1. The van der Waals surface area contributed by atoms with Gasteiger partial charge in [-0.3, -0.25) is 0 Å². The highest BCUT2D eigenvalue weighted by atomic mass is 16.5. The first kappa shape index (κ1) is 16.9.